The van der Waals surface area contributed by atoms with Crippen molar-refractivity contribution in [1.82, 2.24) is 10.1 Å². The summed E-state index contributed by atoms with van der Waals surface area (Å²) in [6, 6.07) is 1.68. The number of hydrogen-bond donors (Lipinski definition) is 1. The van der Waals surface area contributed by atoms with Crippen LogP contribution in [0.4, 0.5) is 0 Å². The van der Waals surface area contributed by atoms with Crippen LogP contribution in [0.15, 0.2) is 10.6 Å². The molecule has 0 bridgehead atoms. The van der Waals surface area contributed by atoms with E-state index in [2.05, 4.69) is 12.1 Å². The van der Waals surface area contributed by atoms with Gasteiger partial charge in [0.15, 0.2) is 0 Å². The molecule has 1 N–H and O–H groups in total. The largest absolute Gasteiger partial charge is 0.389 e. The number of carbonyl (C=O) groups excluding carboxylic acids is 1. The molecule has 1 unspecified atom stereocenters. The molecule has 0 aliphatic heterocycles. The van der Waals surface area contributed by atoms with Crippen molar-refractivity contribution in [3.8, 4) is 0 Å². The first-order valence-corrected chi connectivity index (χ1v) is 6.19. The molecule has 18 heavy (non-hydrogen) atoms. The lowest BCUT2D eigenvalue weighted by Crippen LogP contribution is -2.39. The Morgan fingerprint density at radius 1 is 1.61 bits per heavy atom. The molecule has 1 aromatic rings. The van der Waals surface area contributed by atoms with E-state index < -0.39 is 5.60 Å². The average Bonchev–Trinajstić information content (AvgIpc) is 2.73. The van der Waals surface area contributed by atoms with E-state index >= 15 is 0 Å². The van der Waals surface area contributed by atoms with Crippen molar-refractivity contribution in [2.45, 2.75) is 45.6 Å². The van der Waals surface area contributed by atoms with Crippen LogP contribution < -0.4 is 0 Å². The van der Waals surface area contributed by atoms with Gasteiger partial charge in [0.05, 0.1) is 11.3 Å². The van der Waals surface area contributed by atoms with Crippen molar-refractivity contribution >= 4 is 5.91 Å². The lowest BCUT2D eigenvalue weighted by atomic mass is 10.1. The zero-order chi connectivity index (χ0) is 13.9. The molecule has 0 spiro atoms. The van der Waals surface area contributed by atoms with Crippen molar-refractivity contribution in [3.63, 3.8) is 0 Å². The van der Waals surface area contributed by atoms with Gasteiger partial charge in [-0.05, 0) is 20.3 Å². The van der Waals surface area contributed by atoms with Gasteiger partial charge in [0.2, 0.25) is 5.76 Å². The van der Waals surface area contributed by atoms with Crippen molar-refractivity contribution in [3.05, 3.63) is 17.5 Å². The van der Waals surface area contributed by atoms with E-state index in [-0.39, 0.29) is 24.1 Å². The Labute approximate surface area is 108 Å². The predicted octanol–water partition coefficient (Wildman–Crippen LogP) is 2.03. The van der Waals surface area contributed by atoms with E-state index in [4.69, 9.17) is 4.52 Å². The van der Waals surface area contributed by atoms with Crippen molar-refractivity contribution in [1.29, 1.82) is 0 Å². The topological polar surface area (TPSA) is 66.6 Å². The molecule has 1 rings (SSSR count). The second-order valence-electron chi connectivity index (χ2n) is 5.40. The van der Waals surface area contributed by atoms with E-state index in [9.17, 15) is 9.90 Å². The summed E-state index contributed by atoms with van der Waals surface area (Å²) in [5, 5.41) is 13.6. The summed E-state index contributed by atoms with van der Waals surface area (Å²) in [5.41, 5.74) is -0.137. The number of carbonyl (C=O) groups is 1. The summed E-state index contributed by atoms with van der Waals surface area (Å²) in [4.78, 5) is 13.5. The predicted molar refractivity (Wildman–Crippen MR) is 68.5 cm³/mol. The van der Waals surface area contributed by atoms with E-state index in [1.807, 2.05) is 6.92 Å². The number of nitrogens with zero attached hydrogens (tertiary/aromatic N) is 2. The van der Waals surface area contributed by atoms with Crippen LogP contribution in [0.3, 0.4) is 0 Å². The first-order chi connectivity index (χ1) is 8.24. The molecule has 0 saturated carbocycles. The van der Waals surface area contributed by atoms with Gasteiger partial charge in [0, 0.05) is 25.6 Å². The Hall–Kier alpha value is -1.36. The summed E-state index contributed by atoms with van der Waals surface area (Å²) in [6.07, 6.45) is 0.944. The molecule has 0 aliphatic rings. The fourth-order valence-electron chi connectivity index (χ4n) is 1.67. The zero-order valence-electron chi connectivity index (χ0n) is 11.7. The SMILES string of the molecule is CCC(C)c1cc(C(=O)N(C)CC(C)(C)O)on1. The standard InChI is InChI=1S/C13H22N2O3/c1-6-9(2)10-7-11(18-14-10)12(16)15(5)8-13(3,4)17/h7,9,17H,6,8H2,1-5H3. The fourth-order valence-corrected chi connectivity index (χ4v) is 1.67. The van der Waals surface area contributed by atoms with E-state index in [1.54, 1.807) is 27.0 Å². The van der Waals surface area contributed by atoms with Gasteiger partial charge < -0.3 is 14.5 Å². The fraction of sp³-hybridized carbons (Fsp3) is 0.692. The van der Waals surface area contributed by atoms with E-state index in [0.717, 1.165) is 12.1 Å². The Morgan fingerprint density at radius 2 is 2.22 bits per heavy atom. The Kier molecular flexibility index (Phi) is 4.51. The zero-order valence-corrected chi connectivity index (χ0v) is 11.7. The van der Waals surface area contributed by atoms with Crippen LogP contribution in [-0.2, 0) is 0 Å². The number of aromatic nitrogens is 1. The van der Waals surface area contributed by atoms with Crippen LogP contribution in [0.5, 0.6) is 0 Å². The monoisotopic (exact) mass is 254 g/mol. The van der Waals surface area contributed by atoms with E-state index in [1.165, 1.54) is 4.90 Å². The second-order valence-corrected chi connectivity index (χ2v) is 5.40. The lowest BCUT2D eigenvalue weighted by Gasteiger charge is -2.24. The molecule has 102 valence electrons. The first-order valence-electron chi connectivity index (χ1n) is 6.19. The molecule has 0 aliphatic carbocycles. The summed E-state index contributed by atoms with van der Waals surface area (Å²) in [5.74, 6) is 0.228. The minimum Gasteiger partial charge on any atom is -0.389 e. The molecule has 0 radical (unpaired) electrons. The highest BCUT2D eigenvalue weighted by atomic mass is 16.5. The number of likely N-dealkylation sites (N-methyl/N-ethyl adjacent to an activating group) is 1. The minimum atomic E-state index is -0.927. The second kappa shape index (κ2) is 5.52. The van der Waals surface area contributed by atoms with Gasteiger partial charge in [0.25, 0.3) is 5.91 Å². The molecule has 1 aromatic heterocycles. The van der Waals surface area contributed by atoms with Crippen molar-refractivity contribution in [2.75, 3.05) is 13.6 Å². The van der Waals surface area contributed by atoms with Crippen LogP contribution in [0.25, 0.3) is 0 Å². The molecule has 0 aromatic carbocycles. The summed E-state index contributed by atoms with van der Waals surface area (Å²) >= 11 is 0. The molecule has 5 nitrogen and oxygen atoms in total. The molecule has 5 heteroatoms. The quantitative estimate of drug-likeness (QED) is 0.873. The lowest BCUT2D eigenvalue weighted by molar-refractivity contribution is 0.0347. The van der Waals surface area contributed by atoms with Gasteiger partial charge in [-0.1, -0.05) is 19.0 Å². The molecule has 1 atom stereocenters. The summed E-state index contributed by atoms with van der Waals surface area (Å²) < 4.78 is 5.06. The molecule has 0 fully saturated rings. The van der Waals surface area contributed by atoms with Gasteiger partial charge in [-0.3, -0.25) is 4.79 Å². The maximum absolute atomic E-state index is 12.0. The number of amides is 1. The molecule has 0 saturated heterocycles. The van der Waals surface area contributed by atoms with Crippen molar-refractivity contribution in [2.24, 2.45) is 0 Å². The maximum Gasteiger partial charge on any atom is 0.292 e. The van der Waals surface area contributed by atoms with Gasteiger partial charge in [0.1, 0.15) is 0 Å². The highest BCUT2D eigenvalue weighted by molar-refractivity contribution is 5.91. The normalized spacial score (nSPS) is 13.4. The Bertz CT molecular complexity index is 407. The summed E-state index contributed by atoms with van der Waals surface area (Å²) in [6.45, 7) is 7.64. The minimum absolute atomic E-state index is 0.219. The average molecular weight is 254 g/mol. The molecule has 1 heterocycles. The van der Waals surface area contributed by atoms with Crippen molar-refractivity contribution < 1.29 is 14.4 Å². The van der Waals surface area contributed by atoms with Crippen LogP contribution >= 0.6 is 0 Å². The third-order valence-electron chi connectivity index (χ3n) is 2.83. The van der Waals surface area contributed by atoms with Crippen LogP contribution in [0.1, 0.15) is 56.3 Å². The maximum atomic E-state index is 12.0. The Morgan fingerprint density at radius 3 is 2.72 bits per heavy atom. The van der Waals surface area contributed by atoms with Gasteiger partial charge in [-0.2, -0.15) is 0 Å². The van der Waals surface area contributed by atoms with Gasteiger partial charge in [-0.25, -0.2) is 0 Å². The van der Waals surface area contributed by atoms with Crippen LogP contribution in [-0.4, -0.2) is 40.3 Å². The van der Waals surface area contributed by atoms with E-state index in [0.29, 0.717) is 0 Å². The molecular weight excluding hydrogens is 232 g/mol. The Balaban J connectivity index is 2.75. The van der Waals surface area contributed by atoms with Crippen LogP contribution in [0, 0.1) is 0 Å². The third kappa shape index (κ3) is 3.84. The van der Waals surface area contributed by atoms with Crippen LogP contribution in [0.2, 0.25) is 0 Å². The summed E-state index contributed by atoms with van der Waals surface area (Å²) in [7, 11) is 1.63. The highest BCUT2D eigenvalue weighted by Gasteiger charge is 2.23. The smallest absolute Gasteiger partial charge is 0.292 e. The molecule has 1 amide bonds. The molecular formula is C13H22N2O3. The number of hydrogen-bond acceptors (Lipinski definition) is 4. The van der Waals surface area contributed by atoms with Gasteiger partial charge in [-0.15, -0.1) is 0 Å². The number of aliphatic hydroxyl groups is 1. The third-order valence-corrected chi connectivity index (χ3v) is 2.83. The number of rotatable bonds is 5. The van der Waals surface area contributed by atoms with Gasteiger partial charge >= 0.3 is 0 Å². The first kappa shape index (κ1) is 14.7. The highest BCUT2D eigenvalue weighted by Crippen LogP contribution is 2.19.